The minimum Gasteiger partial charge on any atom is -0.396 e. The third kappa shape index (κ3) is 7.79. The van der Waals surface area contributed by atoms with Crippen molar-refractivity contribution in [3.8, 4) is 0 Å². The first kappa shape index (κ1) is 23.8. The van der Waals surface area contributed by atoms with Crippen molar-refractivity contribution in [3.05, 3.63) is 41.8 Å². The van der Waals surface area contributed by atoms with Gasteiger partial charge in [-0.05, 0) is 18.6 Å². The fourth-order valence-corrected chi connectivity index (χ4v) is 3.19. The number of aliphatic hydroxyl groups excluding tert-OH is 2. The Labute approximate surface area is 165 Å². The second-order valence-electron chi connectivity index (χ2n) is 6.96. The van der Waals surface area contributed by atoms with E-state index in [0.29, 0.717) is 6.42 Å². The standard InChI is InChI=1S/C19H28N2O6S/c1-19(2,14-22)17(24)18(25)21-12-10-16(23)20-11-6-7-13-28(26,27)15-8-4-3-5-9-15/h3-5,7-9,13,17,22,24H,6,10-12,14H2,1-2H3,(H,20,23)(H,21,25)/b13-7+/t17-/m0/s1. The molecule has 0 radical (unpaired) electrons. The zero-order valence-corrected chi connectivity index (χ0v) is 16.9. The molecule has 0 saturated carbocycles. The van der Waals surface area contributed by atoms with E-state index in [1.54, 1.807) is 32.0 Å². The van der Waals surface area contributed by atoms with Crippen molar-refractivity contribution in [2.24, 2.45) is 5.41 Å². The molecule has 1 rings (SSSR count). The van der Waals surface area contributed by atoms with E-state index in [0.717, 1.165) is 5.41 Å². The lowest BCUT2D eigenvalue weighted by Gasteiger charge is -2.27. The molecule has 0 aliphatic carbocycles. The number of amides is 2. The van der Waals surface area contributed by atoms with Crippen LogP contribution in [0.1, 0.15) is 26.7 Å². The van der Waals surface area contributed by atoms with Gasteiger partial charge in [0, 0.05) is 30.3 Å². The van der Waals surface area contributed by atoms with E-state index in [-0.39, 0.29) is 36.9 Å². The maximum absolute atomic E-state index is 12.0. The number of aliphatic hydroxyl groups is 2. The van der Waals surface area contributed by atoms with Crippen LogP contribution in [0, 0.1) is 5.41 Å². The average molecular weight is 413 g/mol. The number of carbonyl (C=O) groups excluding carboxylic acids is 2. The Morgan fingerprint density at radius 1 is 1.14 bits per heavy atom. The molecular weight excluding hydrogens is 384 g/mol. The van der Waals surface area contributed by atoms with Crippen molar-refractivity contribution in [2.45, 2.75) is 37.7 Å². The maximum atomic E-state index is 12.0. The number of benzene rings is 1. The Balaban J connectivity index is 2.28. The highest BCUT2D eigenvalue weighted by molar-refractivity contribution is 7.94. The van der Waals surface area contributed by atoms with Gasteiger partial charge in [0.2, 0.25) is 11.8 Å². The van der Waals surface area contributed by atoms with Gasteiger partial charge in [0.25, 0.3) is 0 Å². The van der Waals surface area contributed by atoms with Gasteiger partial charge in [0.15, 0.2) is 9.84 Å². The summed E-state index contributed by atoms with van der Waals surface area (Å²) in [5.41, 5.74) is -0.973. The van der Waals surface area contributed by atoms with Gasteiger partial charge >= 0.3 is 0 Å². The Hall–Kier alpha value is -2.23. The van der Waals surface area contributed by atoms with Gasteiger partial charge in [0.05, 0.1) is 11.5 Å². The van der Waals surface area contributed by atoms with Crippen LogP contribution in [0.2, 0.25) is 0 Å². The van der Waals surface area contributed by atoms with Crippen LogP contribution in [0.3, 0.4) is 0 Å². The molecule has 0 unspecified atom stereocenters. The summed E-state index contributed by atoms with van der Waals surface area (Å²) in [5.74, 6) is -0.962. The second kappa shape index (κ2) is 10.9. The monoisotopic (exact) mass is 412 g/mol. The molecule has 1 atom stereocenters. The molecule has 1 aromatic rings. The summed E-state index contributed by atoms with van der Waals surface area (Å²) in [6, 6.07) is 8.03. The second-order valence-corrected chi connectivity index (χ2v) is 8.79. The first-order valence-corrected chi connectivity index (χ1v) is 10.4. The van der Waals surface area contributed by atoms with Crippen LogP contribution in [0.15, 0.2) is 46.7 Å². The van der Waals surface area contributed by atoms with Crippen molar-refractivity contribution in [1.29, 1.82) is 0 Å². The quantitative estimate of drug-likeness (QED) is 0.388. The fourth-order valence-electron chi connectivity index (χ4n) is 2.10. The first-order valence-electron chi connectivity index (χ1n) is 8.90. The van der Waals surface area contributed by atoms with Crippen molar-refractivity contribution in [3.63, 3.8) is 0 Å². The van der Waals surface area contributed by atoms with Crippen molar-refractivity contribution < 1.29 is 28.2 Å². The molecule has 0 aliphatic heterocycles. The first-order chi connectivity index (χ1) is 13.1. The molecule has 9 heteroatoms. The third-order valence-corrected chi connectivity index (χ3v) is 5.51. The lowest BCUT2D eigenvalue weighted by atomic mass is 9.87. The molecule has 156 valence electrons. The van der Waals surface area contributed by atoms with Gasteiger partial charge in [-0.1, -0.05) is 38.1 Å². The minimum atomic E-state index is -3.49. The summed E-state index contributed by atoms with van der Waals surface area (Å²) >= 11 is 0. The van der Waals surface area contributed by atoms with Gasteiger partial charge in [-0.2, -0.15) is 0 Å². The van der Waals surface area contributed by atoms with Crippen molar-refractivity contribution >= 4 is 21.7 Å². The van der Waals surface area contributed by atoms with Crippen LogP contribution in [0.4, 0.5) is 0 Å². The van der Waals surface area contributed by atoms with E-state index in [4.69, 9.17) is 5.11 Å². The smallest absolute Gasteiger partial charge is 0.249 e. The number of rotatable bonds is 11. The van der Waals surface area contributed by atoms with Gasteiger partial charge in [-0.25, -0.2) is 8.42 Å². The third-order valence-electron chi connectivity index (χ3n) is 4.03. The van der Waals surface area contributed by atoms with E-state index >= 15 is 0 Å². The summed E-state index contributed by atoms with van der Waals surface area (Å²) in [7, 11) is -3.49. The van der Waals surface area contributed by atoms with Gasteiger partial charge in [-0.15, -0.1) is 0 Å². The number of hydrogen-bond donors (Lipinski definition) is 4. The maximum Gasteiger partial charge on any atom is 0.249 e. The molecule has 0 saturated heterocycles. The van der Waals surface area contributed by atoms with Crippen LogP contribution < -0.4 is 10.6 Å². The molecule has 1 aromatic carbocycles. The highest BCUT2D eigenvalue weighted by Crippen LogP contribution is 2.19. The molecule has 0 aromatic heterocycles. The van der Waals surface area contributed by atoms with E-state index < -0.39 is 27.3 Å². The Bertz CT molecular complexity index is 775. The Morgan fingerprint density at radius 2 is 1.79 bits per heavy atom. The largest absolute Gasteiger partial charge is 0.396 e. The molecule has 0 spiro atoms. The van der Waals surface area contributed by atoms with E-state index in [2.05, 4.69) is 10.6 Å². The molecular formula is C19H28N2O6S. The number of hydrogen-bond acceptors (Lipinski definition) is 6. The van der Waals surface area contributed by atoms with Gasteiger partial charge in [-0.3, -0.25) is 9.59 Å². The lowest BCUT2D eigenvalue weighted by Crippen LogP contribution is -2.46. The van der Waals surface area contributed by atoms with E-state index in [1.165, 1.54) is 18.2 Å². The predicted molar refractivity (Wildman–Crippen MR) is 105 cm³/mol. The minimum absolute atomic E-state index is 0.0179. The summed E-state index contributed by atoms with van der Waals surface area (Å²) in [6.07, 6.45) is 0.451. The average Bonchev–Trinajstić information content (AvgIpc) is 2.67. The number of nitrogens with one attached hydrogen (secondary N) is 2. The highest BCUT2D eigenvalue weighted by atomic mass is 32.2. The van der Waals surface area contributed by atoms with E-state index in [9.17, 15) is 23.1 Å². The number of sulfone groups is 1. The predicted octanol–water partition coefficient (Wildman–Crippen LogP) is 0.366. The van der Waals surface area contributed by atoms with Crippen molar-refractivity contribution in [2.75, 3.05) is 19.7 Å². The molecule has 0 aliphatic rings. The fraction of sp³-hybridized carbons (Fsp3) is 0.474. The Morgan fingerprint density at radius 3 is 2.39 bits per heavy atom. The molecule has 0 heterocycles. The van der Waals surface area contributed by atoms with Crippen LogP contribution in [-0.2, 0) is 19.4 Å². The van der Waals surface area contributed by atoms with Crippen LogP contribution >= 0.6 is 0 Å². The topological polar surface area (TPSA) is 133 Å². The molecule has 8 nitrogen and oxygen atoms in total. The molecule has 2 amide bonds. The zero-order valence-electron chi connectivity index (χ0n) is 16.1. The summed E-state index contributed by atoms with van der Waals surface area (Å²) in [6.45, 7) is 3.05. The van der Waals surface area contributed by atoms with Gasteiger partial charge < -0.3 is 20.8 Å². The zero-order chi connectivity index (χ0) is 21.2. The van der Waals surface area contributed by atoms with Crippen LogP contribution in [-0.4, -0.2) is 56.2 Å². The summed E-state index contributed by atoms with van der Waals surface area (Å²) in [5, 5.41) is 25.1. The SMILES string of the molecule is CC(C)(CO)[C@@H](O)C(=O)NCCC(=O)NCC/C=C/S(=O)(=O)c1ccccc1. The normalized spacial score (nSPS) is 13.3. The summed E-state index contributed by atoms with van der Waals surface area (Å²) in [4.78, 5) is 23.7. The van der Waals surface area contributed by atoms with Crippen LogP contribution in [0.5, 0.6) is 0 Å². The number of carbonyl (C=O) groups is 2. The lowest BCUT2D eigenvalue weighted by molar-refractivity contribution is -0.137. The molecule has 4 N–H and O–H groups in total. The molecule has 0 bridgehead atoms. The highest BCUT2D eigenvalue weighted by Gasteiger charge is 2.32. The van der Waals surface area contributed by atoms with Crippen molar-refractivity contribution in [1.82, 2.24) is 10.6 Å². The molecule has 28 heavy (non-hydrogen) atoms. The molecule has 0 fully saturated rings. The summed E-state index contributed by atoms with van der Waals surface area (Å²) < 4.78 is 24.1. The van der Waals surface area contributed by atoms with Crippen LogP contribution in [0.25, 0.3) is 0 Å². The van der Waals surface area contributed by atoms with E-state index in [1.807, 2.05) is 0 Å². The van der Waals surface area contributed by atoms with Gasteiger partial charge in [0.1, 0.15) is 6.10 Å². The Kier molecular flexibility index (Phi) is 9.30.